The Bertz CT molecular complexity index is 739. The van der Waals surface area contributed by atoms with Gasteiger partial charge in [0.1, 0.15) is 0 Å². The van der Waals surface area contributed by atoms with Gasteiger partial charge >= 0.3 is 0 Å². The fourth-order valence-electron chi connectivity index (χ4n) is 4.49. The van der Waals surface area contributed by atoms with E-state index in [-0.39, 0.29) is 5.91 Å². The molecule has 0 saturated heterocycles. The second-order valence-electron chi connectivity index (χ2n) is 7.73. The zero-order valence-corrected chi connectivity index (χ0v) is 16.3. The van der Waals surface area contributed by atoms with Crippen LogP contribution in [0, 0.1) is 12.8 Å². The number of nitrogens with two attached hydrogens (primary N) is 1. The Hall–Kier alpha value is -2.03. The number of aromatic nitrogens is 1. The standard InChI is InChI=1S/C23H32N2O/c1-3-4-15-20-22(19-13-9-6-10-14-19)21(23(24)26)17(2)25(20)16-18-11-7-5-8-12-18/h6,9-10,13-14,18H,3-5,7-8,11-12,15-16H2,1-2H3,(H2,24,26). The minimum Gasteiger partial charge on any atom is -0.366 e. The van der Waals surface area contributed by atoms with Gasteiger partial charge in [-0.15, -0.1) is 0 Å². The van der Waals surface area contributed by atoms with Crippen LogP contribution in [0.15, 0.2) is 30.3 Å². The van der Waals surface area contributed by atoms with Crippen molar-refractivity contribution in [3.63, 3.8) is 0 Å². The molecule has 0 unspecified atom stereocenters. The van der Waals surface area contributed by atoms with Crippen molar-refractivity contribution in [3.05, 3.63) is 47.3 Å². The van der Waals surface area contributed by atoms with Crippen molar-refractivity contribution in [2.45, 2.75) is 71.8 Å². The molecule has 2 N–H and O–H groups in total. The monoisotopic (exact) mass is 352 g/mol. The van der Waals surface area contributed by atoms with Gasteiger partial charge in [0.25, 0.3) is 5.91 Å². The number of amides is 1. The summed E-state index contributed by atoms with van der Waals surface area (Å²) in [4.78, 5) is 12.4. The summed E-state index contributed by atoms with van der Waals surface area (Å²) in [7, 11) is 0. The number of benzene rings is 1. The number of carbonyl (C=O) groups is 1. The SMILES string of the molecule is CCCCc1c(-c2ccccc2)c(C(N)=O)c(C)n1CC1CCCCC1. The Balaban J connectivity index is 2.10. The number of nitrogens with zero attached hydrogens (tertiary/aromatic N) is 1. The number of hydrogen-bond acceptors (Lipinski definition) is 1. The molecule has 140 valence electrons. The average Bonchev–Trinajstić information content (AvgIpc) is 2.93. The molecule has 1 aromatic carbocycles. The summed E-state index contributed by atoms with van der Waals surface area (Å²) in [6, 6.07) is 10.3. The molecule has 3 rings (SSSR count). The number of hydrogen-bond donors (Lipinski definition) is 1. The third-order valence-corrected chi connectivity index (χ3v) is 5.87. The Morgan fingerprint density at radius 2 is 1.85 bits per heavy atom. The molecular formula is C23H32N2O. The van der Waals surface area contributed by atoms with Crippen molar-refractivity contribution in [1.29, 1.82) is 0 Å². The smallest absolute Gasteiger partial charge is 0.251 e. The molecule has 1 aromatic heterocycles. The summed E-state index contributed by atoms with van der Waals surface area (Å²) in [5, 5.41) is 0. The van der Waals surface area contributed by atoms with E-state index >= 15 is 0 Å². The first-order valence-electron chi connectivity index (χ1n) is 10.2. The molecule has 0 radical (unpaired) electrons. The molecule has 0 bridgehead atoms. The van der Waals surface area contributed by atoms with Gasteiger partial charge < -0.3 is 10.3 Å². The topological polar surface area (TPSA) is 48.0 Å². The quantitative estimate of drug-likeness (QED) is 0.704. The van der Waals surface area contributed by atoms with E-state index < -0.39 is 0 Å². The van der Waals surface area contributed by atoms with Crippen LogP contribution in [0.5, 0.6) is 0 Å². The van der Waals surface area contributed by atoms with Gasteiger partial charge in [-0.1, -0.05) is 62.9 Å². The van der Waals surface area contributed by atoms with Crippen molar-refractivity contribution in [2.75, 3.05) is 0 Å². The summed E-state index contributed by atoms with van der Waals surface area (Å²) < 4.78 is 2.42. The zero-order valence-electron chi connectivity index (χ0n) is 16.3. The van der Waals surface area contributed by atoms with E-state index in [1.807, 2.05) is 18.2 Å². The maximum atomic E-state index is 12.4. The molecule has 1 fully saturated rings. The summed E-state index contributed by atoms with van der Waals surface area (Å²) in [5.41, 5.74) is 11.1. The lowest BCUT2D eigenvalue weighted by molar-refractivity contribution is 0.1000. The molecular weight excluding hydrogens is 320 g/mol. The van der Waals surface area contributed by atoms with Crippen LogP contribution in [-0.2, 0) is 13.0 Å². The van der Waals surface area contributed by atoms with E-state index in [4.69, 9.17) is 5.73 Å². The molecule has 1 amide bonds. The van der Waals surface area contributed by atoms with E-state index in [1.165, 1.54) is 37.8 Å². The minimum absolute atomic E-state index is 0.304. The molecule has 1 aliphatic carbocycles. The predicted molar refractivity (Wildman–Crippen MR) is 108 cm³/mol. The first kappa shape index (κ1) is 18.8. The summed E-state index contributed by atoms with van der Waals surface area (Å²) in [5.74, 6) is 0.418. The lowest BCUT2D eigenvalue weighted by Gasteiger charge is -2.24. The minimum atomic E-state index is -0.304. The van der Waals surface area contributed by atoms with Gasteiger partial charge in [-0.05, 0) is 44.1 Å². The second-order valence-corrected chi connectivity index (χ2v) is 7.73. The zero-order chi connectivity index (χ0) is 18.5. The Kier molecular flexibility index (Phi) is 6.18. The maximum Gasteiger partial charge on any atom is 0.251 e. The molecule has 0 spiro atoms. The van der Waals surface area contributed by atoms with Gasteiger partial charge in [-0.3, -0.25) is 4.79 Å². The van der Waals surface area contributed by atoms with Crippen LogP contribution in [0.3, 0.4) is 0 Å². The van der Waals surface area contributed by atoms with Crippen LogP contribution in [-0.4, -0.2) is 10.5 Å². The lowest BCUT2D eigenvalue weighted by Crippen LogP contribution is -2.18. The van der Waals surface area contributed by atoms with Gasteiger partial charge in [0, 0.05) is 23.5 Å². The van der Waals surface area contributed by atoms with Crippen molar-refractivity contribution >= 4 is 5.91 Å². The average molecular weight is 353 g/mol. The molecule has 3 nitrogen and oxygen atoms in total. The Labute approximate surface area is 157 Å². The maximum absolute atomic E-state index is 12.4. The predicted octanol–water partition coefficient (Wildman–Crippen LogP) is 5.49. The molecule has 1 saturated carbocycles. The van der Waals surface area contributed by atoms with Crippen molar-refractivity contribution < 1.29 is 4.79 Å². The number of unbranched alkanes of at least 4 members (excludes halogenated alkanes) is 1. The highest BCUT2D eigenvalue weighted by Crippen LogP contribution is 2.35. The van der Waals surface area contributed by atoms with Gasteiger partial charge in [-0.2, -0.15) is 0 Å². The lowest BCUT2D eigenvalue weighted by atomic mass is 9.89. The first-order chi connectivity index (χ1) is 12.6. The van der Waals surface area contributed by atoms with Gasteiger partial charge in [0.15, 0.2) is 0 Å². The van der Waals surface area contributed by atoms with Gasteiger partial charge in [0.2, 0.25) is 0 Å². The third-order valence-electron chi connectivity index (χ3n) is 5.87. The third kappa shape index (κ3) is 3.87. The van der Waals surface area contributed by atoms with E-state index in [0.717, 1.165) is 54.1 Å². The number of rotatable bonds is 7. The van der Waals surface area contributed by atoms with E-state index in [2.05, 4.69) is 30.5 Å². The normalized spacial score (nSPS) is 15.3. The van der Waals surface area contributed by atoms with E-state index in [9.17, 15) is 4.79 Å². The fraction of sp³-hybridized carbons (Fsp3) is 0.522. The molecule has 1 heterocycles. The number of primary amides is 1. The van der Waals surface area contributed by atoms with Crippen molar-refractivity contribution in [1.82, 2.24) is 4.57 Å². The van der Waals surface area contributed by atoms with Gasteiger partial charge in [0.05, 0.1) is 5.56 Å². The summed E-state index contributed by atoms with van der Waals surface area (Å²) >= 11 is 0. The molecule has 26 heavy (non-hydrogen) atoms. The molecule has 0 atom stereocenters. The molecule has 0 aliphatic heterocycles. The Morgan fingerprint density at radius 1 is 1.15 bits per heavy atom. The first-order valence-corrected chi connectivity index (χ1v) is 10.2. The second kappa shape index (κ2) is 8.57. The summed E-state index contributed by atoms with van der Waals surface area (Å²) in [6.07, 6.45) is 9.93. The van der Waals surface area contributed by atoms with E-state index in [1.54, 1.807) is 0 Å². The van der Waals surface area contributed by atoms with Crippen molar-refractivity contribution in [2.24, 2.45) is 11.7 Å². The van der Waals surface area contributed by atoms with Crippen LogP contribution in [0.4, 0.5) is 0 Å². The number of carbonyl (C=O) groups excluding carboxylic acids is 1. The highest BCUT2D eigenvalue weighted by atomic mass is 16.1. The van der Waals surface area contributed by atoms with E-state index in [0.29, 0.717) is 0 Å². The van der Waals surface area contributed by atoms with Crippen LogP contribution < -0.4 is 5.73 Å². The molecule has 1 aliphatic rings. The van der Waals surface area contributed by atoms with Crippen LogP contribution in [0.25, 0.3) is 11.1 Å². The highest BCUT2D eigenvalue weighted by Gasteiger charge is 2.26. The van der Waals surface area contributed by atoms with Crippen LogP contribution in [0.1, 0.15) is 73.6 Å². The van der Waals surface area contributed by atoms with Gasteiger partial charge in [-0.25, -0.2) is 0 Å². The summed E-state index contributed by atoms with van der Waals surface area (Å²) in [6.45, 7) is 5.32. The molecule has 2 aromatic rings. The fourth-order valence-corrected chi connectivity index (χ4v) is 4.49. The van der Waals surface area contributed by atoms with Crippen molar-refractivity contribution in [3.8, 4) is 11.1 Å². The Morgan fingerprint density at radius 3 is 2.46 bits per heavy atom. The van der Waals surface area contributed by atoms with Crippen LogP contribution in [0.2, 0.25) is 0 Å². The molecule has 3 heteroatoms. The largest absolute Gasteiger partial charge is 0.366 e. The highest BCUT2D eigenvalue weighted by molar-refractivity contribution is 6.02. The van der Waals surface area contributed by atoms with Crippen LogP contribution >= 0.6 is 0 Å².